The first-order valence-corrected chi connectivity index (χ1v) is 23.8. The summed E-state index contributed by atoms with van der Waals surface area (Å²) in [5.41, 5.74) is 9.72. The Hall–Kier alpha value is -5.95. The quantitative estimate of drug-likeness (QED) is 0.106. The van der Waals surface area contributed by atoms with Gasteiger partial charge in [-0.05, 0) is 122 Å². The number of hydrogen-bond donors (Lipinski definition) is 3. The molecular weight excluding hydrogens is 817 g/mol. The number of nitrogens with zero attached hydrogens (tertiary/aromatic N) is 5. The van der Waals surface area contributed by atoms with Gasteiger partial charge < -0.3 is 34.6 Å². The summed E-state index contributed by atoms with van der Waals surface area (Å²) in [6.07, 6.45) is 12.4. The number of ether oxygens (including phenoxy) is 2. The molecule has 6 unspecified atom stereocenters. The summed E-state index contributed by atoms with van der Waals surface area (Å²) in [4.78, 5) is 64.5. The lowest BCUT2D eigenvalue weighted by atomic mass is 9.84. The van der Waals surface area contributed by atoms with Crippen molar-refractivity contribution in [2.75, 3.05) is 33.9 Å². The van der Waals surface area contributed by atoms with Gasteiger partial charge in [-0.15, -0.1) is 0 Å². The van der Waals surface area contributed by atoms with E-state index in [-0.39, 0.29) is 35.9 Å². The largest absolute Gasteiger partial charge is 0.496 e. The highest BCUT2D eigenvalue weighted by molar-refractivity contribution is 5.90. The van der Waals surface area contributed by atoms with Crippen LogP contribution in [0.5, 0.6) is 5.75 Å². The van der Waals surface area contributed by atoms with Crippen LogP contribution in [0.4, 0.5) is 4.79 Å². The molecule has 2 aliphatic heterocycles. The molecule has 4 aliphatic rings. The van der Waals surface area contributed by atoms with E-state index in [1.54, 1.807) is 7.11 Å². The number of H-pyrrole nitrogens is 2. The van der Waals surface area contributed by atoms with Crippen LogP contribution in [0.3, 0.4) is 0 Å². The number of aromatic nitrogens is 4. The second-order valence-corrected chi connectivity index (χ2v) is 18.6. The molecule has 2 aromatic heterocycles. The summed E-state index contributed by atoms with van der Waals surface area (Å²) >= 11 is 0. The van der Waals surface area contributed by atoms with Crippen LogP contribution in [-0.2, 0) is 20.7 Å². The number of benzene rings is 3. The van der Waals surface area contributed by atoms with Gasteiger partial charge >= 0.3 is 6.09 Å². The summed E-state index contributed by atoms with van der Waals surface area (Å²) < 4.78 is 10.6. The van der Waals surface area contributed by atoms with Gasteiger partial charge in [-0.2, -0.15) is 0 Å². The number of allylic oxidation sites excluding steroid dienone is 1. The van der Waals surface area contributed by atoms with E-state index in [0.29, 0.717) is 12.5 Å². The topological polar surface area (TPSA) is 149 Å². The van der Waals surface area contributed by atoms with Crippen molar-refractivity contribution in [1.29, 1.82) is 0 Å². The normalized spacial score (nSPS) is 21.6. The van der Waals surface area contributed by atoms with Gasteiger partial charge in [-0.1, -0.05) is 83.0 Å². The Morgan fingerprint density at radius 1 is 0.877 bits per heavy atom. The molecule has 3 aromatic carbocycles. The number of methoxy groups -OCH3 is 2. The zero-order valence-corrected chi connectivity index (χ0v) is 38.7. The SMILES string of the molecule is CCN(CC)C(C(=O)N1C(c2nc3ccc(C4=Cc5ccc(-c6cnc(C7CCCN7C(=O)C(NC(=O)OC)C(C)C)[nH]6)cc5CC4)cc3[nH]2)CC2CCCCC21)c1ccccc1OC. The molecule has 0 spiro atoms. The molecule has 342 valence electrons. The predicted octanol–water partition coefficient (Wildman–Crippen LogP) is 9.41. The number of likely N-dealkylation sites (tertiary alicyclic amines) is 2. The number of rotatable bonds is 13. The van der Waals surface area contributed by atoms with Crippen LogP contribution >= 0.6 is 0 Å². The smallest absolute Gasteiger partial charge is 0.407 e. The van der Waals surface area contributed by atoms with Crippen molar-refractivity contribution in [2.45, 2.75) is 116 Å². The number of para-hydroxylation sites is 1. The number of nitrogens with one attached hydrogen (secondary N) is 3. The number of fused-ring (bicyclic) bond motifs is 3. The van der Waals surface area contributed by atoms with Crippen LogP contribution in [0.1, 0.15) is 131 Å². The fourth-order valence-electron chi connectivity index (χ4n) is 11.2. The molecular formula is C52H64N8O5. The lowest BCUT2D eigenvalue weighted by Crippen LogP contribution is -2.51. The van der Waals surface area contributed by atoms with Gasteiger partial charge in [0.05, 0.1) is 49.2 Å². The lowest BCUT2D eigenvalue weighted by Gasteiger charge is -2.39. The van der Waals surface area contributed by atoms with E-state index in [1.165, 1.54) is 35.8 Å². The minimum Gasteiger partial charge on any atom is -0.496 e. The minimum atomic E-state index is -0.679. The second-order valence-electron chi connectivity index (χ2n) is 18.6. The predicted molar refractivity (Wildman–Crippen MR) is 253 cm³/mol. The highest BCUT2D eigenvalue weighted by atomic mass is 16.5. The third-order valence-corrected chi connectivity index (χ3v) is 14.7. The standard InChI is InChI=1S/C52H64N8O5/c1-7-58(8-2)47(38-15-10-12-18-45(38)64-5)51(62)60-42-16-11-9-14-37(42)29-44(60)49-54-39-24-23-35(28-40(39)55-49)33-19-20-34-27-36(22-21-32(34)26-33)41-30-53-48(56-41)43-17-13-25-59(43)50(61)46(31(3)4)57-52(63)65-6/h10,12,15,18,21-24,26-28,30-31,37,42-44,46-47H,7-9,11,13-14,16-17,19-20,25,29H2,1-6H3,(H,53,56)(H,54,55)(H,57,63). The number of aryl methyl sites for hydroxylation is 1. The zero-order valence-electron chi connectivity index (χ0n) is 38.7. The van der Waals surface area contributed by atoms with E-state index < -0.39 is 18.2 Å². The van der Waals surface area contributed by atoms with E-state index in [0.717, 1.165) is 110 Å². The Labute approximate surface area is 382 Å². The first-order valence-electron chi connectivity index (χ1n) is 23.8. The Balaban J connectivity index is 0.945. The monoisotopic (exact) mass is 880 g/mol. The summed E-state index contributed by atoms with van der Waals surface area (Å²) in [7, 11) is 2.99. The number of carbonyl (C=O) groups is 3. The molecule has 0 radical (unpaired) electrons. The van der Waals surface area contributed by atoms with Gasteiger partial charge in [0, 0.05) is 18.2 Å². The summed E-state index contributed by atoms with van der Waals surface area (Å²) in [6.45, 7) is 10.2. The van der Waals surface area contributed by atoms with Crippen LogP contribution in [-0.4, -0.2) is 98.5 Å². The van der Waals surface area contributed by atoms with E-state index >= 15 is 4.79 Å². The molecule has 0 bridgehead atoms. The molecule has 65 heavy (non-hydrogen) atoms. The van der Waals surface area contributed by atoms with Crippen molar-refractivity contribution in [3.63, 3.8) is 0 Å². The molecule has 3 fully saturated rings. The average molecular weight is 881 g/mol. The number of amides is 3. The van der Waals surface area contributed by atoms with Crippen LogP contribution in [0.25, 0.3) is 33.9 Å². The van der Waals surface area contributed by atoms with Crippen molar-refractivity contribution in [1.82, 2.24) is 40.0 Å². The van der Waals surface area contributed by atoms with E-state index in [9.17, 15) is 9.59 Å². The van der Waals surface area contributed by atoms with Crippen molar-refractivity contribution < 1.29 is 23.9 Å². The number of carbonyl (C=O) groups excluding carboxylic acids is 3. The van der Waals surface area contributed by atoms with Gasteiger partial charge in [0.25, 0.3) is 0 Å². The number of likely N-dealkylation sites (N-methyl/N-ethyl adjacent to an activating group) is 1. The molecule has 3 amide bonds. The molecule has 6 atom stereocenters. The highest BCUT2D eigenvalue weighted by Crippen LogP contribution is 2.48. The number of imidazole rings is 2. The zero-order chi connectivity index (χ0) is 45.4. The van der Waals surface area contributed by atoms with Gasteiger partial charge in [0.1, 0.15) is 29.5 Å². The molecule has 1 saturated carbocycles. The third kappa shape index (κ3) is 8.55. The van der Waals surface area contributed by atoms with Crippen molar-refractivity contribution >= 4 is 40.6 Å². The van der Waals surface area contributed by atoms with Crippen LogP contribution in [0.2, 0.25) is 0 Å². The first-order chi connectivity index (χ1) is 31.6. The molecule has 4 heterocycles. The molecule has 13 nitrogen and oxygen atoms in total. The number of alkyl carbamates (subject to hydrolysis) is 1. The molecule has 13 heteroatoms. The van der Waals surface area contributed by atoms with Crippen LogP contribution < -0.4 is 10.1 Å². The maximum atomic E-state index is 15.2. The van der Waals surface area contributed by atoms with Crippen molar-refractivity contribution in [2.24, 2.45) is 11.8 Å². The van der Waals surface area contributed by atoms with Gasteiger partial charge in [-0.25, -0.2) is 14.8 Å². The van der Waals surface area contributed by atoms with Gasteiger partial charge in [0.15, 0.2) is 0 Å². The van der Waals surface area contributed by atoms with Crippen LogP contribution in [0.15, 0.2) is 66.9 Å². The summed E-state index contributed by atoms with van der Waals surface area (Å²) in [5.74, 6) is 2.74. The van der Waals surface area contributed by atoms with Crippen molar-refractivity contribution in [3.05, 3.63) is 101 Å². The molecule has 5 aromatic rings. The Morgan fingerprint density at radius 3 is 2.46 bits per heavy atom. The van der Waals surface area contributed by atoms with Crippen molar-refractivity contribution in [3.8, 4) is 17.0 Å². The number of hydrogen-bond acceptors (Lipinski definition) is 8. The molecule has 9 rings (SSSR count). The van der Waals surface area contributed by atoms with Gasteiger partial charge in [-0.3, -0.25) is 14.5 Å². The molecule has 3 N–H and O–H groups in total. The first kappa shape index (κ1) is 44.3. The Morgan fingerprint density at radius 2 is 1.68 bits per heavy atom. The molecule has 2 saturated heterocycles. The highest BCUT2D eigenvalue weighted by Gasteiger charge is 2.49. The molecule has 2 aliphatic carbocycles. The van der Waals surface area contributed by atoms with Crippen LogP contribution in [0, 0.1) is 11.8 Å². The maximum Gasteiger partial charge on any atom is 0.407 e. The summed E-state index contributed by atoms with van der Waals surface area (Å²) in [5, 5.41) is 2.73. The average Bonchev–Trinajstić information content (AvgIpc) is 4.17. The van der Waals surface area contributed by atoms with E-state index in [4.69, 9.17) is 19.4 Å². The lowest BCUT2D eigenvalue weighted by molar-refractivity contribution is -0.141. The van der Waals surface area contributed by atoms with E-state index in [1.807, 2.05) is 49.2 Å². The fourth-order valence-corrected chi connectivity index (χ4v) is 11.2. The third-order valence-electron chi connectivity index (χ3n) is 14.7. The van der Waals surface area contributed by atoms with E-state index in [2.05, 4.69) is 81.4 Å². The Bertz CT molecular complexity index is 2570. The number of aromatic amines is 2. The second kappa shape index (κ2) is 18.9. The summed E-state index contributed by atoms with van der Waals surface area (Å²) in [6, 6.07) is 19.8. The Kier molecular flexibility index (Phi) is 12.9. The maximum absolute atomic E-state index is 15.2. The minimum absolute atomic E-state index is 0.0973. The fraction of sp³-hybridized carbons (Fsp3) is 0.481. The van der Waals surface area contributed by atoms with Gasteiger partial charge in [0.2, 0.25) is 11.8 Å².